The van der Waals surface area contributed by atoms with Crippen LogP contribution < -0.4 is 15.0 Å². The molecule has 30 heavy (non-hydrogen) atoms. The summed E-state index contributed by atoms with van der Waals surface area (Å²) in [6.07, 6.45) is 1.09. The van der Waals surface area contributed by atoms with Crippen LogP contribution >= 0.6 is 11.3 Å². The zero-order valence-corrected chi connectivity index (χ0v) is 18.1. The summed E-state index contributed by atoms with van der Waals surface area (Å²) in [5.41, 5.74) is 4.24. The van der Waals surface area contributed by atoms with Gasteiger partial charge in [0.1, 0.15) is 10.3 Å². The molecule has 0 atom stereocenters. The summed E-state index contributed by atoms with van der Waals surface area (Å²) in [5.74, 6) is 0.968. The molecule has 0 spiro atoms. The van der Waals surface area contributed by atoms with Gasteiger partial charge in [0.05, 0.1) is 17.0 Å². The molecule has 0 bridgehead atoms. The zero-order chi connectivity index (χ0) is 20.5. The van der Waals surface area contributed by atoms with Gasteiger partial charge in [0.2, 0.25) is 0 Å². The minimum absolute atomic E-state index is 0.448. The molecule has 0 aliphatic carbocycles. The molecule has 4 heterocycles. The molecular formula is C23H25N5OS. The number of ether oxygens (including phenoxy) is 1. The number of fused-ring (bicyclic) bond motifs is 3. The van der Waals surface area contributed by atoms with E-state index in [1.165, 1.54) is 5.56 Å². The molecule has 1 aliphatic heterocycles. The first-order valence-electron chi connectivity index (χ1n) is 10.5. The summed E-state index contributed by atoms with van der Waals surface area (Å²) in [6, 6.07) is 12.9. The minimum atomic E-state index is 0.448. The first-order valence-corrected chi connectivity index (χ1v) is 11.3. The number of pyridine rings is 1. The highest BCUT2D eigenvalue weighted by molar-refractivity contribution is 7.26. The van der Waals surface area contributed by atoms with E-state index in [-0.39, 0.29) is 0 Å². The van der Waals surface area contributed by atoms with Crippen molar-refractivity contribution in [3.63, 3.8) is 0 Å². The molecule has 3 aromatic heterocycles. The van der Waals surface area contributed by atoms with E-state index in [0.29, 0.717) is 12.6 Å². The zero-order valence-electron chi connectivity index (χ0n) is 17.3. The monoisotopic (exact) mass is 419 g/mol. The molecule has 1 saturated heterocycles. The number of aryl methyl sites for hydroxylation is 1. The van der Waals surface area contributed by atoms with Crippen LogP contribution in [0.2, 0.25) is 0 Å². The van der Waals surface area contributed by atoms with Gasteiger partial charge in [-0.2, -0.15) is 9.97 Å². The Labute approximate surface area is 179 Å². The second-order valence-corrected chi connectivity index (χ2v) is 8.50. The maximum atomic E-state index is 5.75. The lowest BCUT2D eigenvalue weighted by molar-refractivity contribution is 0.314. The molecule has 1 N–H and O–H groups in total. The van der Waals surface area contributed by atoms with E-state index in [4.69, 9.17) is 19.7 Å². The van der Waals surface area contributed by atoms with E-state index in [0.717, 1.165) is 70.1 Å². The van der Waals surface area contributed by atoms with Gasteiger partial charge in [-0.3, -0.25) is 0 Å². The van der Waals surface area contributed by atoms with Crippen LogP contribution in [0.4, 0.5) is 5.82 Å². The van der Waals surface area contributed by atoms with Crippen LogP contribution in [-0.4, -0.2) is 47.7 Å². The standard InChI is InChI=1S/C23H25N5OS/c1-3-29-23-26-19-18-15(2)14-17(16-8-5-4-6-9-16)25-22(18)30-20(19)21(27-23)28-12-7-10-24-11-13-28/h4-6,8-9,14,24H,3,7,10-13H2,1-2H3. The SMILES string of the molecule is CCOc1nc(N2CCCNCC2)c2sc3nc(-c4ccccc4)cc(C)c3c2n1. The summed E-state index contributed by atoms with van der Waals surface area (Å²) in [4.78, 5) is 18.0. The molecular weight excluding hydrogens is 394 g/mol. The minimum Gasteiger partial charge on any atom is -0.464 e. The average molecular weight is 420 g/mol. The van der Waals surface area contributed by atoms with Crippen molar-refractivity contribution in [2.45, 2.75) is 20.3 Å². The Morgan fingerprint density at radius 3 is 2.80 bits per heavy atom. The second kappa shape index (κ2) is 8.16. The Hall–Kier alpha value is -2.77. The Morgan fingerprint density at radius 1 is 1.10 bits per heavy atom. The van der Waals surface area contributed by atoms with E-state index in [1.54, 1.807) is 11.3 Å². The van der Waals surface area contributed by atoms with Crippen molar-refractivity contribution in [1.29, 1.82) is 0 Å². The smallest absolute Gasteiger partial charge is 0.319 e. The van der Waals surface area contributed by atoms with E-state index in [9.17, 15) is 0 Å². The molecule has 0 amide bonds. The van der Waals surface area contributed by atoms with Crippen LogP contribution in [0.25, 0.3) is 31.7 Å². The fourth-order valence-electron chi connectivity index (χ4n) is 4.01. The fraction of sp³-hybridized carbons (Fsp3) is 0.348. The summed E-state index contributed by atoms with van der Waals surface area (Å²) >= 11 is 1.68. The number of nitrogens with one attached hydrogen (secondary N) is 1. The third-order valence-electron chi connectivity index (χ3n) is 5.43. The molecule has 1 aliphatic rings. The first kappa shape index (κ1) is 19.2. The predicted octanol–water partition coefficient (Wildman–Crippen LogP) is 4.41. The highest BCUT2D eigenvalue weighted by Gasteiger charge is 2.22. The van der Waals surface area contributed by atoms with Crippen molar-refractivity contribution in [3.8, 4) is 17.3 Å². The van der Waals surface area contributed by atoms with Gasteiger partial charge in [0.25, 0.3) is 0 Å². The van der Waals surface area contributed by atoms with Crippen LogP contribution in [0.1, 0.15) is 18.9 Å². The maximum Gasteiger partial charge on any atom is 0.319 e. The van der Waals surface area contributed by atoms with E-state index in [1.807, 2.05) is 25.1 Å². The number of anilines is 1. The van der Waals surface area contributed by atoms with Crippen LogP contribution in [0.5, 0.6) is 6.01 Å². The number of hydrogen-bond acceptors (Lipinski definition) is 7. The normalized spacial score (nSPS) is 14.9. The van der Waals surface area contributed by atoms with Gasteiger partial charge in [-0.15, -0.1) is 11.3 Å². The Balaban J connectivity index is 1.73. The number of nitrogens with zero attached hydrogens (tertiary/aromatic N) is 4. The summed E-state index contributed by atoms with van der Waals surface area (Å²) < 4.78 is 6.84. The van der Waals surface area contributed by atoms with Crippen molar-refractivity contribution >= 4 is 37.6 Å². The summed E-state index contributed by atoms with van der Waals surface area (Å²) in [6.45, 7) is 8.54. The number of hydrogen-bond donors (Lipinski definition) is 1. The molecule has 4 aromatic rings. The van der Waals surface area contributed by atoms with Crippen molar-refractivity contribution in [1.82, 2.24) is 20.3 Å². The van der Waals surface area contributed by atoms with Crippen molar-refractivity contribution in [3.05, 3.63) is 42.0 Å². The predicted molar refractivity (Wildman–Crippen MR) is 124 cm³/mol. The van der Waals surface area contributed by atoms with Gasteiger partial charge in [0, 0.05) is 30.6 Å². The molecule has 0 radical (unpaired) electrons. The molecule has 1 aromatic carbocycles. The van der Waals surface area contributed by atoms with Gasteiger partial charge in [-0.05, 0) is 38.4 Å². The molecule has 0 saturated carbocycles. The van der Waals surface area contributed by atoms with Crippen molar-refractivity contribution in [2.75, 3.05) is 37.7 Å². The number of thiophene rings is 1. The van der Waals surface area contributed by atoms with E-state index in [2.05, 4.69) is 35.3 Å². The average Bonchev–Trinajstić information content (AvgIpc) is 2.94. The first-order chi connectivity index (χ1) is 14.7. The van der Waals surface area contributed by atoms with E-state index < -0.39 is 0 Å². The molecule has 6 nitrogen and oxygen atoms in total. The summed E-state index contributed by atoms with van der Waals surface area (Å²) in [7, 11) is 0. The fourth-order valence-corrected chi connectivity index (χ4v) is 5.21. The van der Waals surface area contributed by atoms with Crippen molar-refractivity contribution < 1.29 is 4.74 Å². The molecule has 7 heteroatoms. The van der Waals surface area contributed by atoms with Gasteiger partial charge >= 0.3 is 6.01 Å². The molecule has 1 fully saturated rings. The topological polar surface area (TPSA) is 63.2 Å². The lowest BCUT2D eigenvalue weighted by atomic mass is 10.1. The highest BCUT2D eigenvalue weighted by atomic mass is 32.1. The molecule has 5 rings (SSSR count). The van der Waals surface area contributed by atoms with Crippen LogP contribution in [-0.2, 0) is 0 Å². The summed E-state index contributed by atoms with van der Waals surface area (Å²) in [5, 5.41) is 4.57. The maximum absolute atomic E-state index is 5.75. The van der Waals surface area contributed by atoms with Crippen LogP contribution in [0, 0.1) is 6.92 Å². The number of benzene rings is 1. The second-order valence-electron chi connectivity index (χ2n) is 7.50. The van der Waals surface area contributed by atoms with Crippen molar-refractivity contribution in [2.24, 2.45) is 0 Å². The third kappa shape index (κ3) is 3.48. The lowest BCUT2D eigenvalue weighted by Crippen LogP contribution is -2.28. The Kier molecular flexibility index (Phi) is 5.23. The lowest BCUT2D eigenvalue weighted by Gasteiger charge is -2.21. The third-order valence-corrected chi connectivity index (χ3v) is 6.50. The molecule has 154 valence electrons. The van der Waals surface area contributed by atoms with Crippen LogP contribution in [0.15, 0.2) is 36.4 Å². The van der Waals surface area contributed by atoms with Gasteiger partial charge in [-0.25, -0.2) is 4.98 Å². The van der Waals surface area contributed by atoms with Gasteiger partial charge in [0.15, 0.2) is 5.82 Å². The number of rotatable bonds is 4. The van der Waals surface area contributed by atoms with E-state index >= 15 is 0 Å². The van der Waals surface area contributed by atoms with Gasteiger partial charge in [-0.1, -0.05) is 30.3 Å². The van der Waals surface area contributed by atoms with Crippen LogP contribution in [0.3, 0.4) is 0 Å². The molecule has 0 unspecified atom stereocenters. The van der Waals surface area contributed by atoms with Gasteiger partial charge < -0.3 is 15.0 Å². The highest BCUT2D eigenvalue weighted by Crippen LogP contribution is 2.40. The Bertz CT molecular complexity index is 1180. The Morgan fingerprint density at radius 2 is 1.97 bits per heavy atom. The quantitative estimate of drug-likeness (QED) is 0.529. The largest absolute Gasteiger partial charge is 0.464 e. The number of aromatic nitrogens is 3.